The number of carbonyl (C=O) groups is 1. The van der Waals surface area contributed by atoms with Gasteiger partial charge >= 0.3 is 0 Å². The lowest BCUT2D eigenvalue weighted by Gasteiger charge is -2.22. The summed E-state index contributed by atoms with van der Waals surface area (Å²) in [5, 5.41) is 3.36. The van der Waals surface area contributed by atoms with E-state index in [0.29, 0.717) is 5.69 Å². The van der Waals surface area contributed by atoms with Crippen molar-refractivity contribution in [3.8, 4) is 0 Å². The summed E-state index contributed by atoms with van der Waals surface area (Å²) in [5.74, 6) is -0.0657. The van der Waals surface area contributed by atoms with Crippen LogP contribution in [0.5, 0.6) is 0 Å². The summed E-state index contributed by atoms with van der Waals surface area (Å²) < 4.78 is 0. The van der Waals surface area contributed by atoms with Crippen molar-refractivity contribution in [2.45, 2.75) is 19.4 Å². The molecule has 1 aromatic heterocycles. The van der Waals surface area contributed by atoms with E-state index in [4.69, 9.17) is 0 Å². The van der Waals surface area contributed by atoms with Gasteiger partial charge in [0.15, 0.2) is 0 Å². The number of amides is 1. The molecule has 142 valence electrons. The van der Waals surface area contributed by atoms with Gasteiger partial charge in [0.2, 0.25) is 0 Å². The molecule has 0 bridgehead atoms. The molecule has 4 rings (SSSR count). The van der Waals surface area contributed by atoms with Crippen LogP contribution in [-0.4, -0.2) is 31.0 Å². The SMILES string of the molecule is CC1Cc2ccccc2N1C(=O)c1cc(Nc2ccc(N(C)C)cc2)ccn1. The Hall–Kier alpha value is -3.34. The van der Waals surface area contributed by atoms with Crippen LogP contribution in [0.25, 0.3) is 0 Å². The Balaban J connectivity index is 1.56. The minimum absolute atomic E-state index is 0.0657. The predicted molar refractivity (Wildman–Crippen MR) is 115 cm³/mol. The van der Waals surface area contributed by atoms with Gasteiger partial charge in [-0.15, -0.1) is 0 Å². The fourth-order valence-electron chi connectivity index (χ4n) is 3.63. The topological polar surface area (TPSA) is 48.5 Å². The third-order valence-electron chi connectivity index (χ3n) is 5.08. The number of nitrogens with one attached hydrogen (secondary N) is 1. The van der Waals surface area contributed by atoms with Crippen LogP contribution in [0.1, 0.15) is 23.0 Å². The number of para-hydroxylation sites is 1. The van der Waals surface area contributed by atoms with Gasteiger partial charge in [0.05, 0.1) is 0 Å². The van der Waals surface area contributed by atoms with E-state index in [1.165, 1.54) is 5.56 Å². The van der Waals surface area contributed by atoms with E-state index in [-0.39, 0.29) is 11.9 Å². The van der Waals surface area contributed by atoms with Crippen molar-refractivity contribution in [3.05, 3.63) is 78.1 Å². The highest BCUT2D eigenvalue weighted by Gasteiger charge is 2.31. The quantitative estimate of drug-likeness (QED) is 0.733. The minimum atomic E-state index is -0.0657. The molecule has 1 aliphatic heterocycles. The molecule has 2 aromatic carbocycles. The van der Waals surface area contributed by atoms with Crippen molar-refractivity contribution in [1.82, 2.24) is 4.98 Å². The summed E-state index contributed by atoms with van der Waals surface area (Å²) in [6.07, 6.45) is 2.55. The van der Waals surface area contributed by atoms with Crippen LogP contribution in [0.3, 0.4) is 0 Å². The molecule has 2 heterocycles. The normalized spacial score (nSPS) is 15.2. The minimum Gasteiger partial charge on any atom is -0.378 e. The van der Waals surface area contributed by atoms with Crippen LogP contribution in [-0.2, 0) is 6.42 Å². The van der Waals surface area contributed by atoms with Gasteiger partial charge < -0.3 is 15.1 Å². The first-order valence-electron chi connectivity index (χ1n) is 9.45. The molecule has 5 nitrogen and oxygen atoms in total. The van der Waals surface area contributed by atoms with E-state index < -0.39 is 0 Å². The highest BCUT2D eigenvalue weighted by molar-refractivity contribution is 6.07. The lowest BCUT2D eigenvalue weighted by atomic mass is 10.1. The van der Waals surface area contributed by atoms with Crippen LogP contribution in [0.4, 0.5) is 22.7 Å². The molecule has 0 aliphatic carbocycles. The molecule has 0 saturated carbocycles. The van der Waals surface area contributed by atoms with Gasteiger partial charge in [0.25, 0.3) is 5.91 Å². The molecular weight excluding hydrogens is 348 g/mol. The molecule has 1 amide bonds. The van der Waals surface area contributed by atoms with Crippen LogP contribution < -0.4 is 15.1 Å². The highest BCUT2D eigenvalue weighted by Crippen LogP contribution is 2.33. The molecule has 0 radical (unpaired) electrons. The Morgan fingerprint density at radius 2 is 1.82 bits per heavy atom. The number of rotatable bonds is 4. The number of nitrogens with zero attached hydrogens (tertiary/aromatic N) is 3. The zero-order valence-corrected chi connectivity index (χ0v) is 16.4. The average Bonchev–Trinajstić information content (AvgIpc) is 3.03. The Labute approximate surface area is 165 Å². The Kier molecular flexibility index (Phi) is 4.74. The van der Waals surface area contributed by atoms with E-state index in [2.05, 4.69) is 40.3 Å². The van der Waals surface area contributed by atoms with Crippen molar-refractivity contribution in [2.24, 2.45) is 0 Å². The standard InChI is InChI=1S/C23H24N4O/c1-16-14-17-6-4-5-7-22(17)27(16)23(28)21-15-19(12-13-24-21)25-18-8-10-20(11-9-18)26(2)3/h4-13,15-16H,14H2,1-3H3,(H,24,25). The first-order valence-corrected chi connectivity index (χ1v) is 9.45. The van der Waals surface area contributed by atoms with Crippen LogP contribution in [0.15, 0.2) is 66.9 Å². The van der Waals surface area contributed by atoms with Crippen LogP contribution in [0, 0.1) is 0 Å². The van der Waals surface area contributed by atoms with Crippen molar-refractivity contribution < 1.29 is 4.79 Å². The number of fused-ring (bicyclic) bond motifs is 1. The Morgan fingerprint density at radius 3 is 2.57 bits per heavy atom. The number of benzene rings is 2. The van der Waals surface area contributed by atoms with Gasteiger partial charge in [-0.05, 0) is 61.4 Å². The van der Waals surface area contributed by atoms with E-state index in [0.717, 1.165) is 29.2 Å². The van der Waals surface area contributed by atoms with Crippen molar-refractivity contribution in [3.63, 3.8) is 0 Å². The maximum absolute atomic E-state index is 13.2. The molecule has 1 aliphatic rings. The molecule has 1 unspecified atom stereocenters. The molecular formula is C23H24N4O. The lowest BCUT2D eigenvalue weighted by Crippen LogP contribution is -2.36. The number of hydrogen-bond donors (Lipinski definition) is 1. The number of pyridine rings is 1. The molecule has 28 heavy (non-hydrogen) atoms. The monoisotopic (exact) mass is 372 g/mol. The number of anilines is 4. The molecule has 1 N–H and O–H groups in total. The number of carbonyl (C=O) groups excluding carboxylic acids is 1. The van der Waals surface area contributed by atoms with Gasteiger partial charge in [-0.3, -0.25) is 9.78 Å². The Morgan fingerprint density at radius 1 is 1.07 bits per heavy atom. The summed E-state index contributed by atoms with van der Waals surface area (Å²) >= 11 is 0. The molecule has 3 aromatic rings. The largest absolute Gasteiger partial charge is 0.378 e. The predicted octanol–water partition coefficient (Wildman–Crippen LogP) is 4.48. The molecule has 0 spiro atoms. The van der Waals surface area contributed by atoms with Gasteiger partial charge in [-0.1, -0.05) is 18.2 Å². The van der Waals surface area contributed by atoms with Gasteiger partial charge in [0, 0.05) is 49.1 Å². The van der Waals surface area contributed by atoms with Gasteiger partial charge in [-0.2, -0.15) is 0 Å². The van der Waals surface area contributed by atoms with Gasteiger partial charge in [-0.25, -0.2) is 0 Å². The third-order valence-corrected chi connectivity index (χ3v) is 5.08. The summed E-state index contributed by atoms with van der Waals surface area (Å²) in [6, 6.07) is 20.1. The van der Waals surface area contributed by atoms with E-state index in [9.17, 15) is 4.79 Å². The fourth-order valence-corrected chi connectivity index (χ4v) is 3.63. The van der Waals surface area contributed by atoms with Crippen molar-refractivity contribution in [2.75, 3.05) is 29.2 Å². The number of hydrogen-bond acceptors (Lipinski definition) is 4. The molecule has 0 saturated heterocycles. The Bertz CT molecular complexity index is 997. The highest BCUT2D eigenvalue weighted by atomic mass is 16.2. The first kappa shape index (κ1) is 18.0. The second kappa shape index (κ2) is 7.35. The fraction of sp³-hybridized carbons (Fsp3) is 0.217. The zero-order valence-electron chi connectivity index (χ0n) is 16.4. The summed E-state index contributed by atoms with van der Waals surface area (Å²) in [7, 11) is 4.03. The van der Waals surface area contributed by atoms with Crippen LogP contribution >= 0.6 is 0 Å². The summed E-state index contributed by atoms with van der Waals surface area (Å²) in [4.78, 5) is 21.4. The number of aromatic nitrogens is 1. The summed E-state index contributed by atoms with van der Waals surface area (Å²) in [5.41, 5.74) is 5.58. The molecule has 5 heteroatoms. The maximum atomic E-state index is 13.2. The van der Waals surface area contributed by atoms with Gasteiger partial charge in [0.1, 0.15) is 5.69 Å². The zero-order chi connectivity index (χ0) is 19.7. The summed E-state index contributed by atoms with van der Waals surface area (Å²) in [6.45, 7) is 2.08. The van der Waals surface area contributed by atoms with Crippen molar-refractivity contribution in [1.29, 1.82) is 0 Å². The average molecular weight is 372 g/mol. The molecule has 1 atom stereocenters. The molecule has 0 fully saturated rings. The van der Waals surface area contributed by atoms with E-state index >= 15 is 0 Å². The maximum Gasteiger partial charge on any atom is 0.277 e. The van der Waals surface area contributed by atoms with E-state index in [1.807, 2.05) is 61.5 Å². The smallest absolute Gasteiger partial charge is 0.277 e. The van der Waals surface area contributed by atoms with Crippen molar-refractivity contribution >= 4 is 28.7 Å². The lowest BCUT2D eigenvalue weighted by molar-refractivity contribution is 0.0976. The second-order valence-electron chi connectivity index (χ2n) is 7.35. The van der Waals surface area contributed by atoms with Crippen LogP contribution in [0.2, 0.25) is 0 Å². The van der Waals surface area contributed by atoms with E-state index in [1.54, 1.807) is 6.20 Å². The first-order chi connectivity index (χ1) is 13.5. The second-order valence-corrected chi connectivity index (χ2v) is 7.35. The third kappa shape index (κ3) is 3.43.